The van der Waals surface area contributed by atoms with Crippen LogP contribution in [-0.4, -0.2) is 63.8 Å². The van der Waals surface area contributed by atoms with Gasteiger partial charge in [0.05, 0.1) is 28.8 Å². The van der Waals surface area contributed by atoms with Gasteiger partial charge in [-0.1, -0.05) is 6.07 Å². The molecule has 4 rings (SSSR count). The SMILES string of the molecule is CS(C)(=O)=Nc1cc(F)c2c(Cc3ccc(F)cc3O[C@@H]3CCN(CC(F)F)C3)ncnc2c1. The van der Waals surface area contributed by atoms with E-state index in [2.05, 4.69) is 14.3 Å². The van der Waals surface area contributed by atoms with E-state index in [1.165, 1.54) is 49.2 Å². The van der Waals surface area contributed by atoms with E-state index in [9.17, 15) is 17.4 Å². The smallest absolute Gasteiger partial charge is 0.251 e. The topological polar surface area (TPSA) is 67.7 Å². The number of likely N-dealkylation sites (tertiary alicyclic amines) is 1. The molecule has 0 saturated carbocycles. The molecule has 182 valence electrons. The molecule has 2 aromatic carbocycles. The molecular formula is C23H24F4N4O2S. The molecule has 1 aliphatic heterocycles. The fourth-order valence-corrected chi connectivity index (χ4v) is 4.64. The van der Waals surface area contributed by atoms with E-state index in [1.54, 1.807) is 4.90 Å². The Morgan fingerprint density at radius 1 is 1.21 bits per heavy atom. The summed E-state index contributed by atoms with van der Waals surface area (Å²) in [6.07, 6.45) is 2.08. The van der Waals surface area contributed by atoms with E-state index in [4.69, 9.17) is 4.74 Å². The minimum atomic E-state index is -2.49. The van der Waals surface area contributed by atoms with Crippen LogP contribution < -0.4 is 4.74 Å². The van der Waals surface area contributed by atoms with Gasteiger partial charge in [0.2, 0.25) is 0 Å². The van der Waals surface area contributed by atoms with E-state index >= 15 is 4.39 Å². The molecule has 6 nitrogen and oxygen atoms in total. The van der Waals surface area contributed by atoms with E-state index in [-0.39, 0.29) is 35.9 Å². The lowest BCUT2D eigenvalue weighted by atomic mass is 10.0. The van der Waals surface area contributed by atoms with E-state index < -0.39 is 27.8 Å². The minimum absolute atomic E-state index is 0.133. The Labute approximate surface area is 195 Å². The number of halogens is 4. The molecule has 0 aliphatic carbocycles. The first-order valence-corrected chi connectivity index (χ1v) is 13.0. The van der Waals surface area contributed by atoms with Crippen molar-refractivity contribution in [1.82, 2.24) is 14.9 Å². The van der Waals surface area contributed by atoms with Crippen LogP contribution in [0.5, 0.6) is 5.75 Å². The van der Waals surface area contributed by atoms with Gasteiger partial charge in [-0.05, 0) is 18.6 Å². The van der Waals surface area contributed by atoms with Crippen molar-refractivity contribution in [1.29, 1.82) is 0 Å². The van der Waals surface area contributed by atoms with Crippen LogP contribution in [0.4, 0.5) is 23.2 Å². The molecule has 1 aliphatic rings. The highest BCUT2D eigenvalue weighted by Gasteiger charge is 2.27. The zero-order chi connectivity index (χ0) is 24.5. The van der Waals surface area contributed by atoms with Crippen molar-refractivity contribution >= 4 is 26.3 Å². The van der Waals surface area contributed by atoms with E-state index in [1.807, 2.05) is 0 Å². The first-order chi connectivity index (χ1) is 16.1. The number of fused-ring (bicyclic) bond motifs is 1. The van der Waals surface area contributed by atoms with Gasteiger partial charge in [-0.25, -0.2) is 31.7 Å². The van der Waals surface area contributed by atoms with Crippen LogP contribution >= 0.6 is 0 Å². The summed E-state index contributed by atoms with van der Waals surface area (Å²) in [4.78, 5) is 9.96. The normalized spacial score (nSPS) is 17.0. The number of alkyl halides is 2. The van der Waals surface area contributed by atoms with Gasteiger partial charge in [0, 0.05) is 59.4 Å². The van der Waals surface area contributed by atoms with Crippen molar-refractivity contribution < 1.29 is 26.5 Å². The van der Waals surface area contributed by atoms with Crippen LogP contribution in [-0.2, 0) is 16.1 Å². The molecule has 0 amide bonds. The number of nitrogens with zero attached hydrogens (tertiary/aromatic N) is 4. The van der Waals surface area contributed by atoms with Gasteiger partial charge in [-0.15, -0.1) is 0 Å². The Morgan fingerprint density at radius 2 is 2.00 bits per heavy atom. The fourth-order valence-electron chi connectivity index (χ4n) is 4.03. The Kier molecular flexibility index (Phi) is 7.04. The molecule has 0 radical (unpaired) electrons. The van der Waals surface area contributed by atoms with Gasteiger partial charge in [-0.3, -0.25) is 4.90 Å². The monoisotopic (exact) mass is 496 g/mol. The minimum Gasteiger partial charge on any atom is -0.489 e. The van der Waals surface area contributed by atoms with Gasteiger partial charge < -0.3 is 4.74 Å². The maximum atomic E-state index is 15.0. The average molecular weight is 497 g/mol. The summed E-state index contributed by atoms with van der Waals surface area (Å²) < 4.78 is 76.4. The average Bonchev–Trinajstić information content (AvgIpc) is 3.14. The molecular weight excluding hydrogens is 472 g/mol. The third kappa shape index (κ3) is 6.01. The standard InChI is InChI=1S/C23H24F4N4O2S/c1-34(2,32)30-16-9-18(25)23-19(28-13-29-20(23)10-16)7-14-3-4-15(24)8-21(14)33-17-5-6-31(11-17)12-22(26)27/h3-4,8-10,13,17,22H,5-7,11-12H2,1-2H3/t17-/m1/s1. The molecule has 0 spiro atoms. The fraction of sp³-hybridized carbons (Fsp3) is 0.391. The van der Waals surface area contributed by atoms with Gasteiger partial charge in [-0.2, -0.15) is 4.36 Å². The lowest BCUT2D eigenvalue weighted by Gasteiger charge is -2.18. The Bertz CT molecular complexity index is 1320. The van der Waals surface area contributed by atoms with Crippen LogP contribution in [0.15, 0.2) is 41.0 Å². The van der Waals surface area contributed by atoms with Crippen LogP contribution in [0.25, 0.3) is 10.9 Å². The van der Waals surface area contributed by atoms with Crippen LogP contribution in [0, 0.1) is 11.6 Å². The van der Waals surface area contributed by atoms with Gasteiger partial charge in [0.1, 0.15) is 29.8 Å². The molecule has 2 heterocycles. The first kappa shape index (κ1) is 24.3. The molecule has 1 atom stereocenters. The highest BCUT2D eigenvalue weighted by atomic mass is 32.2. The highest BCUT2D eigenvalue weighted by molar-refractivity contribution is 7.92. The van der Waals surface area contributed by atoms with Crippen molar-refractivity contribution in [2.75, 3.05) is 32.1 Å². The number of hydrogen-bond acceptors (Lipinski definition) is 6. The summed E-state index contributed by atoms with van der Waals surface area (Å²) in [6, 6.07) is 6.76. The summed E-state index contributed by atoms with van der Waals surface area (Å²) in [5.74, 6) is -0.855. The molecule has 1 aromatic heterocycles. The second kappa shape index (κ2) is 9.83. The summed E-state index contributed by atoms with van der Waals surface area (Å²) in [5, 5.41) is 0.180. The van der Waals surface area contributed by atoms with E-state index in [0.29, 0.717) is 36.3 Å². The lowest BCUT2D eigenvalue weighted by molar-refractivity contribution is 0.0930. The number of benzene rings is 2. The van der Waals surface area contributed by atoms with Crippen LogP contribution in [0.3, 0.4) is 0 Å². The van der Waals surface area contributed by atoms with Gasteiger partial charge >= 0.3 is 0 Å². The zero-order valence-corrected chi connectivity index (χ0v) is 19.5. The Hall–Kier alpha value is -2.79. The molecule has 3 aromatic rings. The summed E-state index contributed by atoms with van der Waals surface area (Å²) in [5.41, 5.74) is 1.46. The van der Waals surface area contributed by atoms with Gasteiger partial charge in [0.15, 0.2) is 0 Å². The molecule has 0 unspecified atom stereocenters. The summed E-state index contributed by atoms with van der Waals surface area (Å²) in [7, 11) is -2.49. The zero-order valence-electron chi connectivity index (χ0n) is 18.7. The molecule has 11 heteroatoms. The second-order valence-corrected chi connectivity index (χ2v) is 11.1. The maximum absolute atomic E-state index is 15.0. The largest absolute Gasteiger partial charge is 0.489 e. The Morgan fingerprint density at radius 3 is 2.74 bits per heavy atom. The quantitative estimate of drug-likeness (QED) is 0.448. The maximum Gasteiger partial charge on any atom is 0.251 e. The van der Waals surface area contributed by atoms with Crippen LogP contribution in [0.2, 0.25) is 0 Å². The predicted molar refractivity (Wildman–Crippen MR) is 122 cm³/mol. The first-order valence-electron chi connectivity index (χ1n) is 10.6. The molecule has 1 saturated heterocycles. The van der Waals surface area contributed by atoms with Crippen LogP contribution in [0.1, 0.15) is 17.7 Å². The van der Waals surface area contributed by atoms with Crippen molar-refractivity contribution in [3.05, 3.63) is 59.6 Å². The molecule has 34 heavy (non-hydrogen) atoms. The summed E-state index contributed by atoms with van der Waals surface area (Å²) >= 11 is 0. The molecule has 1 fully saturated rings. The third-order valence-electron chi connectivity index (χ3n) is 5.38. The molecule has 0 bridgehead atoms. The number of ether oxygens (including phenoxy) is 1. The molecule has 0 N–H and O–H groups in total. The number of hydrogen-bond donors (Lipinski definition) is 0. The summed E-state index contributed by atoms with van der Waals surface area (Å²) in [6.45, 7) is 0.452. The number of rotatable bonds is 7. The lowest BCUT2D eigenvalue weighted by Crippen LogP contribution is -2.29. The highest BCUT2D eigenvalue weighted by Crippen LogP contribution is 2.30. The van der Waals surface area contributed by atoms with Crippen molar-refractivity contribution in [2.24, 2.45) is 4.36 Å². The van der Waals surface area contributed by atoms with E-state index in [0.717, 1.165) is 0 Å². The van der Waals surface area contributed by atoms with Gasteiger partial charge in [0.25, 0.3) is 6.43 Å². The Balaban J connectivity index is 1.63. The second-order valence-electron chi connectivity index (χ2n) is 8.52. The third-order valence-corrected chi connectivity index (χ3v) is 6.03. The van der Waals surface area contributed by atoms with Crippen molar-refractivity contribution in [3.8, 4) is 5.75 Å². The predicted octanol–water partition coefficient (Wildman–Crippen LogP) is 4.58. The van der Waals surface area contributed by atoms with Crippen molar-refractivity contribution in [2.45, 2.75) is 25.4 Å². The number of aromatic nitrogens is 2. The van der Waals surface area contributed by atoms with Crippen molar-refractivity contribution in [3.63, 3.8) is 0 Å².